The summed E-state index contributed by atoms with van der Waals surface area (Å²) < 4.78 is 8.48. The zero-order valence-electron chi connectivity index (χ0n) is 16.5. The van der Waals surface area contributed by atoms with Crippen molar-refractivity contribution in [2.75, 3.05) is 6.73 Å². The molecular weight excluding hydrogens is 330 g/mol. The molecule has 1 heterocycles. The summed E-state index contributed by atoms with van der Waals surface area (Å²) in [6.07, 6.45) is 2.21. The van der Waals surface area contributed by atoms with Gasteiger partial charge in [0.05, 0.1) is 5.56 Å². The highest BCUT2D eigenvalue weighted by molar-refractivity contribution is 5.83. The molecule has 0 radical (unpaired) electrons. The van der Waals surface area contributed by atoms with Crippen molar-refractivity contribution < 1.29 is 9.31 Å². The molecule has 0 aliphatic carbocycles. The molecule has 2 heteroatoms. The third-order valence-electron chi connectivity index (χ3n) is 5.44. The molecule has 0 bridgehead atoms. The minimum absolute atomic E-state index is 0.128. The first-order valence-corrected chi connectivity index (χ1v) is 9.47. The maximum Gasteiger partial charge on any atom is 0.292 e. The fourth-order valence-electron chi connectivity index (χ4n) is 3.76. The van der Waals surface area contributed by atoms with Crippen molar-refractivity contribution in [3.05, 3.63) is 94.5 Å². The van der Waals surface area contributed by atoms with E-state index in [1.54, 1.807) is 0 Å². The van der Waals surface area contributed by atoms with Gasteiger partial charge in [0.1, 0.15) is 5.75 Å². The molecule has 1 aliphatic heterocycles. The smallest absolute Gasteiger partial charge is 0.292 e. The molecule has 0 unspecified atom stereocenters. The highest BCUT2D eigenvalue weighted by Gasteiger charge is 2.31. The normalized spacial score (nSPS) is 13.6. The van der Waals surface area contributed by atoms with Crippen LogP contribution in [0.25, 0.3) is 0 Å². The first-order valence-electron chi connectivity index (χ1n) is 9.47. The Hall–Kier alpha value is -2.87. The Balaban J connectivity index is 1.82. The predicted molar refractivity (Wildman–Crippen MR) is 112 cm³/mol. The zero-order valence-corrected chi connectivity index (χ0v) is 16.5. The van der Waals surface area contributed by atoms with Crippen molar-refractivity contribution in [3.63, 3.8) is 0 Å². The average molecular weight is 356 g/mol. The molecule has 0 saturated carbocycles. The van der Waals surface area contributed by atoms with Crippen LogP contribution in [0.5, 0.6) is 5.75 Å². The van der Waals surface area contributed by atoms with Crippen LogP contribution in [-0.4, -0.2) is 17.5 Å². The number of fused-ring (bicyclic) bond motifs is 1. The van der Waals surface area contributed by atoms with Gasteiger partial charge in [-0.05, 0) is 31.0 Å². The molecule has 3 aromatic rings. The van der Waals surface area contributed by atoms with E-state index in [0.29, 0.717) is 6.73 Å². The van der Waals surface area contributed by atoms with E-state index in [2.05, 4.69) is 105 Å². The van der Waals surface area contributed by atoms with Gasteiger partial charge in [-0.15, -0.1) is 0 Å². The Morgan fingerprint density at radius 1 is 0.852 bits per heavy atom. The van der Waals surface area contributed by atoms with Gasteiger partial charge in [0.15, 0.2) is 6.21 Å². The van der Waals surface area contributed by atoms with Gasteiger partial charge in [0, 0.05) is 23.1 Å². The van der Waals surface area contributed by atoms with Crippen molar-refractivity contribution in [1.29, 1.82) is 0 Å². The molecule has 27 heavy (non-hydrogen) atoms. The lowest BCUT2D eigenvalue weighted by atomic mass is 9.76. The maximum absolute atomic E-state index is 6.31. The molecule has 0 spiro atoms. The van der Waals surface area contributed by atoms with Crippen LogP contribution in [0.15, 0.2) is 66.7 Å². The largest absolute Gasteiger partial charge is 0.435 e. The van der Waals surface area contributed by atoms with E-state index < -0.39 is 0 Å². The van der Waals surface area contributed by atoms with Crippen LogP contribution in [0.1, 0.15) is 41.7 Å². The predicted octanol–water partition coefficient (Wildman–Crippen LogP) is 5.74. The molecule has 0 N–H and O–H groups in total. The molecular formula is C25H26NO+. The molecule has 0 amide bonds. The quantitative estimate of drug-likeness (QED) is 0.545. The van der Waals surface area contributed by atoms with Crippen LogP contribution in [0.4, 0.5) is 5.69 Å². The number of nitrogens with zero attached hydrogens (tertiary/aromatic N) is 1. The summed E-state index contributed by atoms with van der Waals surface area (Å²) in [5.74, 6) is 0.998. The van der Waals surface area contributed by atoms with E-state index in [4.69, 9.17) is 4.74 Å². The highest BCUT2D eigenvalue weighted by atomic mass is 16.5. The SMILES string of the molecule is Cc1ccc([N+]2=Cc3cc(C)cc(C(C)(C)c4ccccc4)c3OC2)cc1. The Kier molecular flexibility index (Phi) is 4.35. The molecule has 0 saturated heterocycles. The minimum atomic E-state index is -0.128. The van der Waals surface area contributed by atoms with E-state index in [1.807, 2.05) is 0 Å². The number of hydrogen-bond acceptors (Lipinski definition) is 1. The molecule has 136 valence electrons. The number of benzene rings is 3. The number of ether oxygens (including phenoxy) is 1. The van der Waals surface area contributed by atoms with Crippen LogP contribution in [0, 0.1) is 13.8 Å². The molecule has 2 nitrogen and oxygen atoms in total. The lowest BCUT2D eigenvalue weighted by Crippen LogP contribution is -2.26. The number of aryl methyl sites for hydroxylation is 2. The van der Waals surface area contributed by atoms with Gasteiger partial charge in [-0.25, -0.2) is 0 Å². The summed E-state index contributed by atoms with van der Waals surface area (Å²) in [6.45, 7) is 9.33. The second kappa shape index (κ2) is 6.70. The van der Waals surface area contributed by atoms with Crippen molar-refractivity contribution >= 4 is 11.9 Å². The van der Waals surface area contributed by atoms with Crippen LogP contribution >= 0.6 is 0 Å². The van der Waals surface area contributed by atoms with Crippen molar-refractivity contribution in [2.45, 2.75) is 33.1 Å². The van der Waals surface area contributed by atoms with Gasteiger partial charge in [0.25, 0.3) is 6.73 Å². The average Bonchev–Trinajstić information content (AvgIpc) is 2.68. The van der Waals surface area contributed by atoms with Crippen molar-refractivity contribution in [3.8, 4) is 5.75 Å². The van der Waals surface area contributed by atoms with Crippen LogP contribution in [-0.2, 0) is 5.41 Å². The second-order valence-corrected chi connectivity index (χ2v) is 7.93. The van der Waals surface area contributed by atoms with Crippen LogP contribution < -0.4 is 4.74 Å². The molecule has 0 fully saturated rings. The monoisotopic (exact) mass is 356 g/mol. The zero-order chi connectivity index (χ0) is 19.0. The van der Waals surface area contributed by atoms with E-state index >= 15 is 0 Å². The topological polar surface area (TPSA) is 12.2 Å². The van der Waals surface area contributed by atoms with Gasteiger partial charge in [-0.2, -0.15) is 4.58 Å². The number of hydrogen-bond donors (Lipinski definition) is 0. The van der Waals surface area contributed by atoms with Crippen LogP contribution in [0.2, 0.25) is 0 Å². The van der Waals surface area contributed by atoms with Gasteiger partial charge in [-0.3, -0.25) is 0 Å². The Labute approximate surface area is 161 Å². The maximum atomic E-state index is 6.31. The minimum Gasteiger partial charge on any atom is -0.435 e. The number of rotatable bonds is 3. The summed E-state index contributed by atoms with van der Waals surface area (Å²) in [5, 5.41) is 0. The summed E-state index contributed by atoms with van der Waals surface area (Å²) in [5.41, 5.74) is 7.21. The fourth-order valence-corrected chi connectivity index (χ4v) is 3.76. The third kappa shape index (κ3) is 3.28. The Bertz CT molecular complexity index is 998. The first kappa shape index (κ1) is 17.5. The van der Waals surface area contributed by atoms with Crippen molar-refractivity contribution in [1.82, 2.24) is 0 Å². The Morgan fingerprint density at radius 2 is 1.56 bits per heavy atom. The second-order valence-electron chi connectivity index (χ2n) is 7.93. The standard InChI is InChI=1S/C25H26NO/c1-18-10-12-22(13-11-18)26-16-20-14-19(2)15-23(24(20)27-17-26)25(3,4)21-8-6-5-7-9-21/h5-16H,17H2,1-4H3/q+1. The first-order chi connectivity index (χ1) is 12.9. The van der Waals surface area contributed by atoms with Gasteiger partial charge >= 0.3 is 0 Å². The van der Waals surface area contributed by atoms with Gasteiger partial charge in [0.2, 0.25) is 5.69 Å². The molecule has 1 aliphatic rings. The van der Waals surface area contributed by atoms with Crippen LogP contribution in [0.3, 0.4) is 0 Å². The van der Waals surface area contributed by atoms with Gasteiger partial charge < -0.3 is 4.74 Å². The third-order valence-corrected chi connectivity index (χ3v) is 5.44. The van der Waals surface area contributed by atoms with E-state index in [9.17, 15) is 0 Å². The van der Waals surface area contributed by atoms with Gasteiger partial charge in [-0.1, -0.05) is 67.9 Å². The summed E-state index contributed by atoms with van der Waals surface area (Å²) in [7, 11) is 0. The molecule has 0 atom stereocenters. The summed E-state index contributed by atoms with van der Waals surface area (Å²) in [4.78, 5) is 0. The summed E-state index contributed by atoms with van der Waals surface area (Å²) in [6, 6.07) is 23.7. The molecule has 0 aromatic heterocycles. The van der Waals surface area contributed by atoms with Crippen molar-refractivity contribution in [2.24, 2.45) is 0 Å². The summed E-state index contributed by atoms with van der Waals surface area (Å²) >= 11 is 0. The van der Waals surface area contributed by atoms with E-state index in [-0.39, 0.29) is 5.41 Å². The fraction of sp³-hybridized carbons (Fsp3) is 0.240. The Morgan fingerprint density at radius 3 is 2.26 bits per heavy atom. The van der Waals surface area contributed by atoms with E-state index in [1.165, 1.54) is 22.3 Å². The lowest BCUT2D eigenvalue weighted by molar-refractivity contribution is -0.476. The highest BCUT2D eigenvalue weighted by Crippen LogP contribution is 2.40. The molecule has 3 aromatic carbocycles. The van der Waals surface area contributed by atoms with E-state index in [0.717, 1.165) is 17.0 Å². The molecule has 4 rings (SSSR count). The lowest BCUT2D eigenvalue weighted by Gasteiger charge is -2.30.